The van der Waals surface area contributed by atoms with Crippen molar-refractivity contribution >= 4 is 41.1 Å². The molecule has 214 valence electrons. The van der Waals surface area contributed by atoms with Gasteiger partial charge in [-0.2, -0.15) is 20.1 Å². The molecule has 2 heterocycles. The first-order valence-corrected chi connectivity index (χ1v) is 13.0. The van der Waals surface area contributed by atoms with Gasteiger partial charge >= 0.3 is 11.9 Å². The number of benzene rings is 2. The predicted molar refractivity (Wildman–Crippen MR) is 158 cm³/mol. The van der Waals surface area contributed by atoms with Crippen LogP contribution in [0.25, 0.3) is 16.6 Å². The molecular formula is C31H24N6O6. The summed E-state index contributed by atoms with van der Waals surface area (Å²) in [6, 6.07) is 14.3. The molecule has 0 atom stereocenters. The molecule has 1 N–H and O–H groups in total. The van der Waals surface area contributed by atoms with E-state index in [0.29, 0.717) is 11.4 Å². The van der Waals surface area contributed by atoms with Crippen molar-refractivity contribution in [2.45, 2.75) is 13.8 Å². The zero-order valence-electron chi connectivity index (χ0n) is 23.1. The summed E-state index contributed by atoms with van der Waals surface area (Å²) in [4.78, 5) is 53.7. The van der Waals surface area contributed by atoms with E-state index in [1.54, 1.807) is 50.2 Å². The molecule has 3 aromatic rings. The van der Waals surface area contributed by atoms with Crippen LogP contribution in [-0.2, 0) is 14.3 Å². The molecule has 0 unspecified atom stereocenters. The van der Waals surface area contributed by atoms with Crippen molar-refractivity contribution in [1.29, 1.82) is 5.26 Å². The molecule has 1 aromatic heterocycles. The lowest BCUT2D eigenvalue weighted by Crippen LogP contribution is -2.21. The Hall–Kier alpha value is -6.27. The second-order valence-corrected chi connectivity index (χ2v) is 8.67. The van der Waals surface area contributed by atoms with E-state index in [2.05, 4.69) is 15.0 Å². The number of rotatable bonds is 9. The molecule has 0 saturated heterocycles. The van der Waals surface area contributed by atoms with Gasteiger partial charge in [0.2, 0.25) is 0 Å². The number of esters is 2. The summed E-state index contributed by atoms with van der Waals surface area (Å²) >= 11 is 0. The topological polar surface area (TPSA) is 151 Å². The van der Waals surface area contributed by atoms with E-state index in [0.717, 1.165) is 9.69 Å². The van der Waals surface area contributed by atoms with E-state index < -0.39 is 23.4 Å². The standard InChI is InChI=1S/C31H24N6O6/c1-4-42-30(40)20-11-9-13-22(17-20)36-28(38)24(26(19-32)34-36)15-7-6-8-16-25-27(33-3)35-37(29(25)39)23-14-10-12-21(18-23)31(41)43-5-2/h6-18,35H,4-5H2,1-2H3/b7-6+,16-8+,24-15-. The molecule has 12 heteroatoms. The fraction of sp³-hybridized carbons (Fsp3) is 0.129. The number of hydrazone groups is 1. The Kier molecular flexibility index (Phi) is 9.25. The Morgan fingerprint density at radius 1 is 1.00 bits per heavy atom. The van der Waals surface area contributed by atoms with E-state index in [1.807, 2.05) is 6.07 Å². The Bertz CT molecular complexity index is 1860. The molecule has 1 aliphatic rings. The first-order valence-electron chi connectivity index (χ1n) is 13.0. The number of allylic oxidation sites excluding steroid dienone is 4. The van der Waals surface area contributed by atoms with Crippen LogP contribution in [0.15, 0.2) is 88.3 Å². The second-order valence-electron chi connectivity index (χ2n) is 8.67. The smallest absolute Gasteiger partial charge is 0.338 e. The Balaban J connectivity index is 1.54. The van der Waals surface area contributed by atoms with Crippen molar-refractivity contribution < 1.29 is 23.9 Å². The monoisotopic (exact) mass is 576 g/mol. The van der Waals surface area contributed by atoms with Crippen molar-refractivity contribution in [3.8, 4) is 11.8 Å². The predicted octanol–water partition coefficient (Wildman–Crippen LogP) is 4.49. The number of H-pyrrole nitrogens is 1. The average molecular weight is 577 g/mol. The molecule has 0 spiro atoms. The highest BCUT2D eigenvalue weighted by Gasteiger charge is 2.31. The average Bonchev–Trinajstić information content (AvgIpc) is 3.52. The van der Waals surface area contributed by atoms with Gasteiger partial charge in [-0.25, -0.2) is 14.7 Å². The number of carbonyl (C=O) groups excluding carboxylic acids is 3. The molecule has 0 bridgehead atoms. The molecule has 1 aliphatic heterocycles. The molecule has 12 nitrogen and oxygen atoms in total. The van der Waals surface area contributed by atoms with Crippen molar-refractivity contribution in [1.82, 2.24) is 9.78 Å². The highest BCUT2D eigenvalue weighted by atomic mass is 16.5. The number of aromatic amines is 1. The van der Waals surface area contributed by atoms with Gasteiger partial charge in [-0.3, -0.25) is 9.59 Å². The Labute approximate surface area is 245 Å². The van der Waals surface area contributed by atoms with Crippen LogP contribution >= 0.6 is 0 Å². The van der Waals surface area contributed by atoms with Gasteiger partial charge in [-0.15, -0.1) is 0 Å². The number of ether oxygens (including phenoxy) is 2. The van der Waals surface area contributed by atoms with Crippen LogP contribution in [0.2, 0.25) is 0 Å². The lowest BCUT2D eigenvalue weighted by molar-refractivity contribution is -0.114. The van der Waals surface area contributed by atoms with Gasteiger partial charge < -0.3 is 14.3 Å². The van der Waals surface area contributed by atoms with Crippen molar-refractivity contribution in [3.63, 3.8) is 0 Å². The molecule has 43 heavy (non-hydrogen) atoms. The van der Waals surface area contributed by atoms with Crippen molar-refractivity contribution in [3.05, 3.63) is 117 Å². The van der Waals surface area contributed by atoms with Gasteiger partial charge in [0.25, 0.3) is 17.3 Å². The molecule has 0 fully saturated rings. The third-order valence-corrected chi connectivity index (χ3v) is 5.97. The van der Waals surface area contributed by atoms with Crippen LogP contribution < -0.4 is 10.6 Å². The largest absolute Gasteiger partial charge is 0.462 e. The molecule has 4 rings (SSSR count). The minimum atomic E-state index is -0.569. The van der Waals surface area contributed by atoms with Crippen LogP contribution in [0.1, 0.15) is 40.1 Å². The van der Waals surface area contributed by atoms with E-state index in [4.69, 9.17) is 16.0 Å². The number of carbonyl (C=O) groups is 3. The maximum atomic E-state index is 13.1. The molecule has 0 radical (unpaired) electrons. The van der Waals surface area contributed by atoms with E-state index in [-0.39, 0.29) is 47.0 Å². The maximum absolute atomic E-state index is 13.1. The first kappa shape index (κ1) is 29.7. The summed E-state index contributed by atoms with van der Waals surface area (Å²) in [5, 5.41) is 17.4. The van der Waals surface area contributed by atoms with Gasteiger partial charge in [0.05, 0.1) is 46.9 Å². The zero-order valence-corrected chi connectivity index (χ0v) is 23.1. The quantitative estimate of drug-likeness (QED) is 0.171. The second kappa shape index (κ2) is 13.4. The third-order valence-electron chi connectivity index (χ3n) is 5.97. The molecule has 2 aromatic carbocycles. The van der Waals surface area contributed by atoms with Gasteiger partial charge in [0, 0.05) is 0 Å². The fourth-order valence-corrected chi connectivity index (χ4v) is 4.01. The lowest BCUT2D eigenvalue weighted by Gasteiger charge is -2.12. The number of hydrogen-bond acceptors (Lipinski definition) is 8. The van der Waals surface area contributed by atoms with Crippen LogP contribution in [0.4, 0.5) is 11.5 Å². The van der Waals surface area contributed by atoms with E-state index >= 15 is 0 Å². The highest BCUT2D eigenvalue weighted by molar-refractivity contribution is 6.35. The Morgan fingerprint density at radius 2 is 1.63 bits per heavy atom. The molecule has 1 amide bonds. The fourth-order valence-electron chi connectivity index (χ4n) is 4.01. The normalized spacial score (nSPS) is 13.8. The molecular weight excluding hydrogens is 552 g/mol. The van der Waals surface area contributed by atoms with Gasteiger partial charge in [-0.05, 0) is 56.3 Å². The van der Waals surface area contributed by atoms with E-state index in [1.165, 1.54) is 42.5 Å². The number of aromatic nitrogens is 2. The summed E-state index contributed by atoms with van der Waals surface area (Å²) in [6.07, 6.45) is 7.33. The van der Waals surface area contributed by atoms with Crippen LogP contribution in [0.3, 0.4) is 0 Å². The minimum absolute atomic E-state index is 0.0138. The first-order chi connectivity index (χ1) is 20.8. The SMILES string of the molecule is [C-]#[N+]c1[nH]n(-c2cccc(C(=O)OCC)c2)c(=O)c1/C=C/C=C/C=C1\C(=O)N(c2cccc(C(=O)OCC)c2)N=C1C#N. The number of nitrogens with zero attached hydrogens (tertiary/aromatic N) is 5. The van der Waals surface area contributed by atoms with Gasteiger partial charge in [0.15, 0.2) is 5.71 Å². The number of nitrogens with one attached hydrogen (secondary N) is 1. The number of amides is 1. The number of anilines is 1. The van der Waals surface area contributed by atoms with E-state index in [9.17, 15) is 24.4 Å². The highest BCUT2D eigenvalue weighted by Crippen LogP contribution is 2.25. The molecule has 0 saturated carbocycles. The third kappa shape index (κ3) is 6.39. The van der Waals surface area contributed by atoms with Crippen molar-refractivity contribution in [2.75, 3.05) is 18.2 Å². The number of hydrogen-bond donors (Lipinski definition) is 1. The van der Waals surface area contributed by atoms with Gasteiger partial charge in [0.1, 0.15) is 6.07 Å². The van der Waals surface area contributed by atoms with Crippen LogP contribution in [0.5, 0.6) is 0 Å². The van der Waals surface area contributed by atoms with Crippen LogP contribution in [0, 0.1) is 17.9 Å². The van der Waals surface area contributed by atoms with Gasteiger partial charge in [-0.1, -0.05) is 43.0 Å². The lowest BCUT2D eigenvalue weighted by atomic mass is 10.1. The molecule has 0 aliphatic carbocycles. The summed E-state index contributed by atoms with van der Waals surface area (Å²) in [6.45, 7) is 11.2. The van der Waals surface area contributed by atoms with Crippen molar-refractivity contribution in [2.24, 2.45) is 5.10 Å². The summed E-state index contributed by atoms with van der Waals surface area (Å²) < 4.78 is 11.2. The minimum Gasteiger partial charge on any atom is -0.462 e. The number of nitriles is 1. The van der Waals surface area contributed by atoms with Crippen LogP contribution in [-0.4, -0.2) is 46.6 Å². The zero-order chi connectivity index (χ0) is 30.9. The summed E-state index contributed by atoms with van der Waals surface area (Å²) in [5.41, 5.74) is 0.607. The maximum Gasteiger partial charge on any atom is 0.338 e. The summed E-state index contributed by atoms with van der Waals surface area (Å²) in [7, 11) is 0. The Morgan fingerprint density at radius 3 is 2.23 bits per heavy atom. The summed E-state index contributed by atoms with van der Waals surface area (Å²) in [5.74, 6) is -1.67.